The number of hydrogen-bond acceptors (Lipinski definition) is 2. The van der Waals surface area contributed by atoms with Crippen LogP contribution in [0.1, 0.15) is 5.56 Å². The predicted octanol–water partition coefficient (Wildman–Crippen LogP) is 4.61. The molecule has 0 aromatic heterocycles. The number of nitrogens with one attached hydrogen (secondary N) is 1. The molecule has 0 amide bonds. The van der Waals surface area contributed by atoms with Crippen LogP contribution in [0.5, 0.6) is 0 Å². The molecular formula is C15H13ClFNS. The maximum Gasteiger partial charge on any atom is 0.141 e. The monoisotopic (exact) mass is 293 g/mol. The van der Waals surface area contributed by atoms with E-state index in [4.69, 9.17) is 11.6 Å². The van der Waals surface area contributed by atoms with E-state index in [1.165, 1.54) is 16.5 Å². The molecule has 19 heavy (non-hydrogen) atoms. The average Bonchev–Trinajstić information content (AvgIpc) is 2.83. The molecule has 1 heterocycles. The van der Waals surface area contributed by atoms with Gasteiger partial charge in [0.05, 0.1) is 5.02 Å². The molecule has 3 rings (SSSR count). The Balaban J connectivity index is 1.61. The molecule has 1 aliphatic rings. The first kappa shape index (κ1) is 12.8. The van der Waals surface area contributed by atoms with E-state index in [-0.39, 0.29) is 10.8 Å². The maximum absolute atomic E-state index is 13.1. The van der Waals surface area contributed by atoms with Gasteiger partial charge < -0.3 is 5.32 Å². The Bertz CT molecular complexity index is 577. The molecule has 98 valence electrons. The Morgan fingerprint density at radius 1 is 1.26 bits per heavy atom. The minimum atomic E-state index is -0.380. The zero-order valence-electron chi connectivity index (χ0n) is 10.2. The fourth-order valence-electron chi connectivity index (χ4n) is 2.21. The van der Waals surface area contributed by atoms with Crippen LogP contribution in [-0.4, -0.2) is 11.8 Å². The molecule has 2 aromatic rings. The summed E-state index contributed by atoms with van der Waals surface area (Å²) < 4.78 is 13.1. The molecule has 0 spiro atoms. The first-order valence-corrected chi connectivity index (χ1v) is 7.41. The summed E-state index contributed by atoms with van der Waals surface area (Å²) in [6.07, 6.45) is 1.07. The van der Waals surface area contributed by atoms with Gasteiger partial charge in [-0.25, -0.2) is 4.39 Å². The lowest BCUT2D eigenvalue weighted by Gasteiger charge is -2.11. The minimum Gasteiger partial charge on any atom is -0.384 e. The predicted molar refractivity (Wildman–Crippen MR) is 79.7 cm³/mol. The fourth-order valence-corrected chi connectivity index (χ4v) is 3.63. The molecule has 0 bridgehead atoms. The van der Waals surface area contributed by atoms with Gasteiger partial charge in [-0.15, -0.1) is 11.8 Å². The summed E-state index contributed by atoms with van der Waals surface area (Å²) in [6, 6.07) is 13.2. The quantitative estimate of drug-likeness (QED) is 0.887. The van der Waals surface area contributed by atoms with Gasteiger partial charge in [-0.3, -0.25) is 0 Å². The van der Waals surface area contributed by atoms with Crippen LogP contribution in [0, 0.1) is 5.82 Å². The van der Waals surface area contributed by atoms with Crippen LogP contribution in [0.15, 0.2) is 47.4 Å². The lowest BCUT2D eigenvalue weighted by molar-refractivity contribution is 0.628. The Labute approximate surface area is 121 Å². The van der Waals surface area contributed by atoms with Crippen LogP contribution in [0.4, 0.5) is 10.1 Å². The van der Waals surface area contributed by atoms with Crippen molar-refractivity contribution in [3.05, 3.63) is 58.9 Å². The average molecular weight is 294 g/mol. The fraction of sp³-hybridized carbons (Fsp3) is 0.200. The number of anilines is 1. The first-order valence-electron chi connectivity index (χ1n) is 6.16. The highest BCUT2D eigenvalue weighted by Crippen LogP contribution is 2.36. The summed E-state index contributed by atoms with van der Waals surface area (Å²) in [7, 11) is 0. The molecule has 2 aromatic carbocycles. The lowest BCUT2D eigenvalue weighted by atomic mass is 10.1. The van der Waals surface area contributed by atoms with E-state index >= 15 is 0 Å². The third-order valence-electron chi connectivity index (χ3n) is 3.17. The minimum absolute atomic E-state index is 0.160. The number of benzene rings is 2. The Kier molecular flexibility index (Phi) is 3.67. The topological polar surface area (TPSA) is 12.0 Å². The summed E-state index contributed by atoms with van der Waals surface area (Å²) in [5, 5.41) is 3.99. The Morgan fingerprint density at radius 2 is 2.11 bits per heavy atom. The third-order valence-corrected chi connectivity index (χ3v) is 4.78. The molecular weight excluding hydrogens is 281 g/mol. The van der Waals surface area contributed by atoms with Gasteiger partial charge in [0.25, 0.3) is 0 Å². The number of halogens is 2. The van der Waals surface area contributed by atoms with Crippen molar-refractivity contribution in [2.24, 2.45) is 0 Å². The molecule has 0 radical (unpaired) electrons. The van der Waals surface area contributed by atoms with Gasteiger partial charge in [-0.05, 0) is 36.2 Å². The van der Waals surface area contributed by atoms with Gasteiger partial charge in [0.1, 0.15) is 5.82 Å². The van der Waals surface area contributed by atoms with Crippen LogP contribution in [0.3, 0.4) is 0 Å². The second kappa shape index (κ2) is 5.43. The van der Waals surface area contributed by atoms with Crippen molar-refractivity contribution in [2.75, 3.05) is 11.9 Å². The third kappa shape index (κ3) is 2.88. The zero-order valence-corrected chi connectivity index (χ0v) is 11.8. The molecule has 0 saturated carbocycles. The molecule has 1 atom stereocenters. The van der Waals surface area contributed by atoms with E-state index in [2.05, 4.69) is 29.6 Å². The molecule has 1 unspecified atom stereocenters. The molecule has 0 aliphatic carbocycles. The number of rotatable bonds is 3. The Morgan fingerprint density at radius 3 is 2.89 bits per heavy atom. The van der Waals surface area contributed by atoms with E-state index in [0.717, 1.165) is 18.7 Å². The molecule has 1 N–H and O–H groups in total. The van der Waals surface area contributed by atoms with E-state index in [0.29, 0.717) is 5.25 Å². The van der Waals surface area contributed by atoms with Crippen molar-refractivity contribution >= 4 is 29.1 Å². The van der Waals surface area contributed by atoms with Gasteiger partial charge in [0.2, 0.25) is 0 Å². The second-order valence-electron chi connectivity index (χ2n) is 4.56. The lowest BCUT2D eigenvalue weighted by Crippen LogP contribution is -2.15. The molecule has 0 fully saturated rings. The summed E-state index contributed by atoms with van der Waals surface area (Å²) in [5.74, 6) is -0.380. The van der Waals surface area contributed by atoms with Crippen LogP contribution < -0.4 is 5.32 Å². The highest BCUT2D eigenvalue weighted by atomic mass is 35.5. The largest absolute Gasteiger partial charge is 0.384 e. The van der Waals surface area contributed by atoms with Crippen molar-refractivity contribution in [3.8, 4) is 0 Å². The van der Waals surface area contributed by atoms with Gasteiger partial charge in [-0.2, -0.15) is 0 Å². The van der Waals surface area contributed by atoms with Gasteiger partial charge in [-0.1, -0.05) is 29.8 Å². The number of thioether (sulfide) groups is 1. The van der Waals surface area contributed by atoms with Gasteiger partial charge in [0, 0.05) is 22.4 Å². The van der Waals surface area contributed by atoms with Gasteiger partial charge in [0.15, 0.2) is 0 Å². The summed E-state index contributed by atoms with van der Waals surface area (Å²) in [4.78, 5) is 1.37. The molecule has 0 saturated heterocycles. The standard InChI is InChI=1S/C15H13ClFNS/c16-13-8-11(5-6-14(13)17)18-9-12-7-10-3-1-2-4-15(10)19-12/h1-6,8,12,18H,7,9H2. The van der Waals surface area contributed by atoms with Crippen molar-refractivity contribution < 1.29 is 4.39 Å². The highest BCUT2D eigenvalue weighted by molar-refractivity contribution is 8.00. The summed E-state index contributed by atoms with van der Waals surface area (Å²) >= 11 is 7.66. The summed E-state index contributed by atoms with van der Waals surface area (Å²) in [5.41, 5.74) is 2.28. The van der Waals surface area contributed by atoms with Crippen LogP contribution >= 0.6 is 23.4 Å². The van der Waals surface area contributed by atoms with Crippen LogP contribution in [0.2, 0.25) is 5.02 Å². The Hall–Kier alpha value is -1.19. The SMILES string of the molecule is Fc1ccc(NCC2Cc3ccccc3S2)cc1Cl. The molecule has 1 aliphatic heterocycles. The van der Waals surface area contributed by atoms with Gasteiger partial charge >= 0.3 is 0 Å². The van der Waals surface area contributed by atoms with Crippen molar-refractivity contribution in [1.82, 2.24) is 0 Å². The van der Waals surface area contributed by atoms with Crippen LogP contribution in [-0.2, 0) is 6.42 Å². The molecule has 1 nitrogen and oxygen atoms in total. The van der Waals surface area contributed by atoms with E-state index in [1.54, 1.807) is 12.1 Å². The van der Waals surface area contributed by atoms with E-state index in [1.807, 2.05) is 11.8 Å². The smallest absolute Gasteiger partial charge is 0.141 e. The number of fused-ring (bicyclic) bond motifs is 1. The second-order valence-corrected chi connectivity index (χ2v) is 6.31. The van der Waals surface area contributed by atoms with Crippen LogP contribution in [0.25, 0.3) is 0 Å². The normalized spacial score (nSPS) is 17.3. The van der Waals surface area contributed by atoms with E-state index in [9.17, 15) is 4.39 Å². The van der Waals surface area contributed by atoms with Crippen molar-refractivity contribution in [2.45, 2.75) is 16.6 Å². The summed E-state index contributed by atoms with van der Waals surface area (Å²) in [6.45, 7) is 0.849. The maximum atomic E-state index is 13.1. The van der Waals surface area contributed by atoms with Crippen molar-refractivity contribution in [3.63, 3.8) is 0 Å². The van der Waals surface area contributed by atoms with Crippen molar-refractivity contribution in [1.29, 1.82) is 0 Å². The molecule has 4 heteroatoms. The highest BCUT2D eigenvalue weighted by Gasteiger charge is 2.21. The van der Waals surface area contributed by atoms with E-state index < -0.39 is 0 Å². The first-order chi connectivity index (χ1) is 9.22. The zero-order chi connectivity index (χ0) is 13.2. The number of hydrogen-bond donors (Lipinski definition) is 1.